The lowest BCUT2D eigenvalue weighted by molar-refractivity contribution is -0.139. The highest BCUT2D eigenvalue weighted by atomic mass is 16.6. The molecule has 154 valence electrons. The number of aliphatic hydroxyl groups is 2. The fourth-order valence-electron chi connectivity index (χ4n) is 2.45. The number of furan rings is 1. The van der Waals surface area contributed by atoms with Gasteiger partial charge in [-0.05, 0) is 6.07 Å². The number of ketones is 2. The second kappa shape index (κ2) is 10.3. The van der Waals surface area contributed by atoms with Crippen molar-refractivity contribution < 1.29 is 38.5 Å². The Balaban J connectivity index is 0.000000687. The van der Waals surface area contributed by atoms with Crippen LogP contribution in [0, 0.1) is 0 Å². The molecule has 2 aromatic rings. The third kappa shape index (κ3) is 5.17. The van der Waals surface area contributed by atoms with Crippen molar-refractivity contribution in [2.75, 3.05) is 33.5 Å². The first-order chi connectivity index (χ1) is 13.9. The van der Waals surface area contributed by atoms with E-state index >= 15 is 0 Å². The quantitative estimate of drug-likeness (QED) is 0.238. The number of fused-ring (bicyclic) bond motifs is 2. The third-order valence-corrected chi connectivity index (χ3v) is 3.77. The molecule has 0 saturated carbocycles. The van der Waals surface area contributed by atoms with Crippen molar-refractivity contribution >= 4 is 23.3 Å². The van der Waals surface area contributed by atoms with Crippen molar-refractivity contribution in [2.24, 2.45) is 5.73 Å². The molecule has 9 heteroatoms. The van der Waals surface area contributed by atoms with Crippen LogP contribution in [0.2, 0.25) is 0 Å². The summed E-state index contributed by atoms with van der Waals surface area (Å²) in [5.74, 6) is -2.50. The fraction of sp³-hybridized carbons (Fsp3) is 0.250. The number of methoxy groups -OCH3 is 1. The lowest BCUT2D eigenvalue weighted by Gasteiger charge is -2.11. The van der Waals surface area contributed by atoms with E-state index < -0.39 is 17.5 Å². The molecule has 1 aliphatic carbocycles. The standard InChI is InChI=1S/C18H14O7.C2H7NO/c1-23-6-7-24-15(20)9-13(19)14-8-12-16(21)10-4-2-3-5-11(10)17(22)18(12)25-14;3-1-2-4/h2-5,8-9,19H,6-7H2,1H3;4H,1-3H2/b13-9-;. The van der Waals surface area contributed by atoms with E-state index in [2.05, 4.69) is 0 Å². The Morgan fingerprint density at radius 1 is 1.14 bits per heavy atom. The monoisotopic (exact) mass is 403 g/mol. The average Bonchev–Trinajstić information content (AvgIpc) is 3.18. The van der Waals surface area contributed by atoms with Gasteiger partial charge < -0.3 is 29.8 Å². The van der Waals surface area contributed by atoms with Gasteiger partial charge in [-0.25, -0.2) is 4.79 Å². The SMILES string of the molecule is COCCOC(=O)/C=C(\O)c1cc2c(o1)C(=O)c1ccccc1C2=O.NCCO. The Bertz CT molecular complexity index is 874. The van der Waals surface area contributed by atoms with Gasteiger partial charge in [-0.3, -0.25) is 9.59 Å². The molecule has 0 saturated heterocycles. The van der Waals surface area contributed by atoms with Crippen LogP contribution in [0.15, 0.2) is 40.8 Å². The normalized spacial score (nSPS) is 12.6. The van der Waals surface area contributed by atoms with Gasteiger partial charge in [0, 0.05) is 24.8 Å². The van der Waals surface area contributed by atoms with Crippen LogP contribution in [0.1, 0.15) is 37.8 Å². The van der Waals surface area contributed by atoms with E-state index in [1.54, 1.807) is 18.2 Å². The Labute approximate surface area is 166 Å². The smallest absolute Gasteiger partial charge is 0.334 e. The summed E-state index contributed by atoms with van der Waals surface area (Å²) in [6.45, 7) is 0.719. The highest BCUT2D eigenvalue weighted by Crippen LogP contribution is 2.31. The van der Waals surface area contributed by atoms with Crippen LogP contribution in [-0.4, -0.2) is 61.2 Å². The van der Waals surface area contributed by atoms with E-state index in [0.29, 0.717) is 6.54 Å². The molecule has 0 atom stereocenters. The van der Waals surface area contributed by atoms with E-state index in [-0.39, 0.29) is 53.8 Å². The first-order valence-corrected chi connectivity index (χ1v) is 8.64. The van der Waals surface area contributed by atoms with Gasteiger partial charge in [0.25, 0.3) is 0 Å². The van der Waals surface area contributed by atoms with Crippen molar-refractivity contribution in [2.45, 2.75) is 0 Å². The minimum atomic E-state index is -0.801. The summed E-state index contributed by atoms with van der Waals surface area (Å²) in [6, 6.07) is 7.62. The zero-order valence-electron chi connectivity index (χ0n) is 15.7. The number of hydrogen-bond acceptors (Lipinski definition) is 9. The summed E-state index contributed by atoms with van der Waals surface area (Å²) < 4.78 is 14.8. The lowest BCUT2D eigenvalue weighted by Crippen LogP contribution is -2.18. The summed E-state index contributed by atoms with van der Waals surface area (Å²) in [6.07, 6.45) is 0.808. The molecule has 1 aromatic carbocycles. The van der Waals surface area contributed by atoms with E-state index in [1.165, 1.54) is 19.2 Å². The summed E-state index contributed by atoms with van der Waals surface area (Å²) in [4.78, 5) is 36.5. The van der Waals surface area contributed by atoms with E-state index in [0.717, 1.165) is 6.08 Å². The number of rotatable bonds is 6. The largest absolute Gasteiger partial charge is 0.504 e. The first kappa shape index (κ1) is 22.0. The van der Waals surface area contributed by atoms with Gasteiger partial charge in [0.15, 0.2) is 23.1 Å². The third-order valence-electron chi connectivity index (χ3n) is 3.77. The Morgan fingerprint density at radius 2 is 1.76 bits per heavy atom. The summed E-state index contributed by atoms with van der Waals surface area (Å²) >= 11 is 0. The Kier molecular flexibility index (Phi) is 7.84. The number of esters is 1. The Morgan fingerprint density at radius 3 is 2.34 bits per heavy atom. The molecule has 1 aromatic heterocycles. The van der Waals surface area contributed by atoms with Crippen LogP contribution in [0.4, 0.5) is 0 Å². The minimum absolute atomic E-state index is 0.0278. The second-order valence-corrected chi connectivity index (χ2v) is 5.76. The minimum Gasteiger partial charge on any atom is -0.504 e. The molecule has 0 fully saturated rings. The van der Waals surface area contributed by atoms with Crippen molar-refractivity contribution in [3.8, 4) is 0 Å². The topological polar surface area (TPSA) is 149 Å². The van der Waals surface area contributed by atoms with Gasteiger partial charge in [0.1, 0.15) is 6.61 Å². The predicted octanol–water partition coefficient (Wildman–Crippen LogP) is 1.08. The number of benzene rings is 1. The van der Waals surface area contributed by atoms with Crippen LogP contribution in [0.3, 0.4) is 0 Å². The van der Waals surface area contributed by atoms with Gasteiger partial charge >= 0.3 is 5.97 Å². The summed E-state index contributed by atoms with van der Waals surface area (Å²) in [7, 11) is 1.46. The molecule has 0 bridgehead atoms. The van der Waals surface area contributed by atoms with Crippen molar-refractivity contribution in [1.29, 1.82) is 0 Å². The number of hydrogen-bond donors (Lipinski definition) is 3. The highest BCUT2D eigenvalue weighted by molar-refractivity contribution is 6.27. The molecule has 0 radical (unpaired) electrons. The van der Waals surface area contributed by atoms with Gasteiger partial charge in [0.2, 0.25) is 5.78 Å². The molecule has 0 spiro atoms. The fourth-order valence-corrected chi connectivity index (χ4v) is 2.45. The van der Waals surface area contributed by atoms with Gasteiger partial charge in [0.05, 0.1) is 24.9 Å². The van der Waals surface area contributed by atoms with Crippen LogP contribution in [0.5, 0.6) is 0 Å². The van der Waals surface area contributed by atoms with Crippen molar-refractivity contribution in [3.63, 3.8) is 0 Å². The lowest BCUT2D eigenvalue weighted by atomic mass is 9.88. The highest BCUT2D eigenvalue weighted by Gasteiger charge is 2.33. The van der Waals surface area contributed by atoms with Crippen molar-refractivity contribution in [3.05, 3.63) is 64.6 Å². The number of carbonyl (C=O) groups excluding carboxylic acids is 3. The van der Waals surface area contributed by atoms with E-state index in [4.69, 9.17) is 24.7 Å². The van der Waals surface area contributed by atoms with Crippen LogP contribution < -0.4 is 5.73 Å². The van der Waals surface area contributed by atoms with Crippen LogP contribution >= 0.6 is 0 Å². The van der Waals surface area contributed by atoms with Crippen LogP contribution in [0.25, 0.3) is 5.76 Å². The van der Waals surface area contributed by atoms with Gasteiger partial charge in [-0.1, -0.05) is 24.3 Å². The Hall–Kier alpha value is -3.27. The van der Waals surface area contributed by atoms with E-state index in [1.807, 2.05) is 0 Å². The summed E-state index contributed by atoms with van der Waals surface area (Å²) in [5.41, 5.74) is 5.34. The predicted molar refractivity (Wildman–Crippen MR) is 102 cm³/mol. The molecule has 1 heterocycles. The molecular formula is C20H21NO8. The maximum absolute atomic E-state index is 12.5. The van der Waals surface area contributed by atoms with Gasteiger partial charge in [-0.15, -0.1) is 0 Å². The number of aliphatic hydroxyl groups excluding tert-OH is 2. The molecule has 1 aliphatic rings. The molecule has 3 rings (SSSR count). The molecule has 0 aliphatic heterocycles. The van der Waals surface area contributed by atoms with E-state index in [9.17, 15) is 19.5 Å². The average molecular weight is 403 g/mol. The molecule has 9 nitrogen and oxygen atoms in total. The number of nitrogens with two attached hydrogens (primary N) is 1. The molecule has 0 amide bonds. The molecule has 4 N–H and O–H groups in total. The molecule has 29 heavy (non-hydrogen) atoms. The van der Waals surface area contributed by atoms with Gasteiger partial charge in [-0.2, -0.15) is 0 Å². The maximum atomic E-state index is 12.5. The van der Waals surface area contributed by atoms with Crippen molar-refractivity contribution in [1.82, 2.24) is 0 Å². The molecular weight excluding hydrogens is 382 g/mol. The second-order valence-electron chi connectivity index (χ2n) is 5.76. The number of ether oxygens (including phenoxy) is 2. The number of carbonyl (C=O) groups is 3. The first-order valence-electron chi connectivity index (χ1n) is 8.64. The zero-order valence-corrected chi connectivity index (χ0v) is 15.7. The zero-order chi connectivity index (χ0) is 21.4. The summed E-state index contributed by atoms with van der Waals surface area (Å²) in [5, 5.41) is 17.7. The molecule has 0 unspecified atom stereocenters. The van der Waals surface area contributed by atoms with Crippen LogP contribution in [-0.2, 0) is 14.3 Å². The maximum Gasteiger partial charge on any atom is 0.334 e.